The number of halogens is 2. The van der Waals surface area contributed by atoms with Crippen LogP contribution < -0.4 is 10.2 Å². The van der Waals surface area contributed by atoms with Crippen molar-refractivity contribution in [1.29, 1.82) is 0 Å². The fourth-order valence-electron chi connectivity index (χ4n) is 2.50. The Morgan fingerprint density at radius 3 is 3.00 bits per heavy atom. The molecule has 0 aliphatic carbocycles. The van der Waals surface area contributed by atoms with Gasteiger partial charge in [0.25, 0.3) is 0 Å². The van der Waals surface area contributed by atoms with Crippen molar-refractivity contribution in [2.75, 3.05) is 36.5 Å². The standard InChI is InChI=1S/C12H14F2N2O/c13-9-5-11-12(6-10(9)14)16-3-4-17-7-8(16)1-2-15-11/h5-6,8,15H,1-4,7H2. The molecule has 1 aromatic rings. The quantitative estimate of drug-likeness (QED) is 0.750. The summed E-state index contributed by atoms with van der Waals surface area (Å²) in [5, 5.41) is 3.15. The van der Waals surface area contributed by atoms with E-state index in [1.165, 1.54) is 12.1 Å². The van der Waals surface area contributed by atoms with E-state index in [1.807, 2.05) is 0 Å². The molecule has 0 amide bonds. The Balaban J connectivity index is 2.05. The van der Waals surface area contributed by atoms with Gasteiger partial charge in [-0.25, -0.2) is 8.78 Å². The molecule has 3 nitrogen and oxygen atoms in total. The number of fused-ring (bicyclic) bond motifs is 3. The Hall–Kier alpha value is -1.36. The Kier molecular flexibility index (Phi) is 2.63. The summed E-state index contributed by atoms with van der Waals surface area (Å²) in [6.45, 7) is 2.77. The van der Waals surface area contributed by atoms with Crippen LogP contribution in [0.2, 0.25) is 0 Å². The van der Waals surface area contributed by atoms with E-state index >= 15 is 0 Å². The maximum absolute atomic E-state index is 13.3. The third kappa shape index (κ3) is 1.84. The van der Waals surface area contributed by atoms with E-state index in [2.05, 4.69) is 10.2 Å². The molecule has 17 heavy (non-hydrogen) atoms. The summed E-state index contributed by atoms with van der Waals surface area (Å²) in [7, 11) is 0. The largest absolute Gasteiger partial charge is 0.383 e. The minimum absolute atomic E-state index is 0.252. The lowest BCUT2D eigenvalue weighted by Gasteiger charge is -2.36. The molecule has 0 bridgehead atoms. The topological polar surface area (TPSA) is 24.5 Å². The molecule has 3 rings (SSSR count). The van der Waals surface area contributed by atoms with Gasteiger partial charge in [0, 0.05) is 25.2 Å². The first-order chi connectivity index (χ1) is 8.25. The van der Waals surface area contributed by atoms with Crippen LogP contribution in [0.25, 0.3) is 0 Å². The second-order valence-corrected chi connectivity index (χ2v) is 4.42. The molecule has 1 saturated heterocycles. The molecule has 92 valence electrons. The van der Waals surface area contributed by atoms with Crippen LogP contribution >= 0.6 is 0 Å². The molecule has 5 heteroatoms. The third-order valence-electron chi connectivity index (χ3n) is 3.37. The molecule has 2 aliphatic heterocycles. The second-order valence-electron chi connectivity index (χ2n) is 4.42. The van der Waals surface area contributed by atoms with E-state index < -0.39 is 11.6 Å². The van der Waals surface area contributed by atoms with Gasteiger partial charge in [0.2, 0.25) is 0 Å². The van der Waals surface area contributed by atoms with Crippen LogP contribution in [0.5, 0.6) is 0 Å². The minimum Gasteiger partial charge on any atom is -0.383 e. The lowest BCUT2D eigenvalue weighted by Crippen LogP contribution is -2.45. The van der Waals surface area contributed by atoms with Crippen LogP contribution in [0.4, 0.5) is 20.2 Å². The van der Waals surface area contributed by atoms with E-state index in [-0.39, 0.29) is 6.04 Å². The predicted octanol–water partition coefficient (Wildman–Crippen LogP) is 1.99. The number of benzene rings is 1. The number of nitrogens with one attached hydrogen (secondary N) is 1. The highest BCUT2D eigenvalue weighted by molar-refractivity contribution is 5.71. The second kappa shape index (κ2) is 4.14. The van der Waals surface area contributed by atoms with Gasteiger partial charge >= 0.3 is 0 Å². The first-order valence-corrected chi connectivity index (χ1v) is 5.83. The summed E-state index contributed by atoms with van der Waals surface area (Å²) in [4.78, 5) is 2.11. The highest BCUT2D eigenvalue weighted by Crippen LogP contribution is 2.33. The van der Waals surface area contributed by atoms with Crippen LogP contribution in [0.3, 0.4) is 0 Å². The maximum atomic E-state index is 13.3. The van der Waals surface area contributed by atoms with Crippen molar-refractivity contribution in [3.05, 3.63) is 23.8 Å². The SMILES string of the molecule is Fc1cc2c(cc1F)N1CCOCC1CCN2. The van der Waals surface area contributed by atoms with Crippen molar-refractivity contribution < 1.29 is 13.5 Å². The number of nitrogens with zero attached hydrogens (tertiary/aromatic N) is 1. The molecule has 0 aromatic heterocycles. The predicted molar refractivity (Wildman–Crippen MR) is 61.4 cm³/mol. The molecular weight excluding hydrogens is 226 g/mol. The molecule has 0 radical (unpaired) electrons. The van der Waals surface area contributed by atoms with E-state index in [1.54, 1.807) is 0 Å². The number of anilines is 2. The van der Waals surface area contributed by atoms with Crippen molar-refractivity contribution in [1.82, 2.24) is 0 Å². The zero-order valence-corrected chi connectivity index (χ0v) is 9.38. The van der Waals surface area contributed by atoms with E-state index in [0.717, 1.165) is 25.2 Å². The fourth-order valence-corrected chi connectivity index (χ4v) is 2.50. The van der Waals surface area contributed by atoms with Gasteiger partial charge in [0.15, 0.2) is 11.6 Å². The van der Waals surface area contributed by atoms with Crippen molar-refractivity contribution in [2.24, 2.45) is 0 Å². The highest BCUT2D eigenvalue weighted by atomic mass is 19.2. The zero-order chi connectivity index (χ0) is 11.8. The van der Waals surface area contributed by atoms with Crippen LogP contribution in [0.1, 0.15) is 6.42 Å². The molecule has 1 unspecified atom stereocenters. The van der Waals surface area contributed by atoms with Gasteiger partial charge in [0.1, 0.15) is 0 Å². The summed E-state index contributed by atoms with van der Waals surface area (Å²) in [6.07, 6.45) is 0.915. The molecule has 0 saturated carbocycles. The maximum Gasteiger partial charge on any atom is 0.161 e. The van der Waals surface area contributed by atoms with Gasteiger partial charge in [-0.05, 0) is 6.42 Å². The van der Waals surface area contributed by atoms with Crippen molar-refractivity contribution in [3.8, 4) is 0 Å². The number of hydrogen-bond donors (Lipinski definition) is 1. The number of rotatable bonds is 0. The van der Waals surface area contributed by atoms with Gasteiger partial charge in [-0.3, -0.25) is 0 Å². The van der Waals surface area contributed by atoms with Gasteiger partial charge in [-0.1, -0.05) is 0 Å². The Morgan fingerprint density at radius 2 is 2.12 bits per heavy atom. The Morgan fingerprint density at radius 1 is 1.29 bits per heavy atom. The van der Waals surface area contributed by atoms with Gasteiger partial charge in [-0.15, -0.1) is 0 Å². The zero-order valence-electron chi connectivity index (χ0n) is 9.38. The number of hydrogen-bond acceptors (Lipinski definition) is 3. The van der Waals surface area contributed by atoms with E-state index in [4.69, 9.17) is 4.74 Å². The van der Waals surface area contributed by atoms with Crippen LogP contribution in [0, 0.1) is 11.6 Å². The van der Waals surface area contributed by atoms with Crippen molar-refractivity contribution in [2.45, 2.75) is 12.5 Å². The molecule has 1 aromatic carbocycles. The highest BCUT2D eigenvalue weighted by Gasteiger charge is 2.28. The monoisotopic (exact) mass is 240 g/mol. The van der Waals surface area contributed by atoms with Gasteiger partial charge in [-0.2, -0.15) is 0 Å². The summed E-state index contributed by atoms with van der Waals surface area (Å²) < 4.78 is 32.0. The molecule has 0 spiro atoms. The summed E-state index contributed by atoms with van der Waals surface area (Å²) >= 11 is 0. The van der Waals surface area contributed by atoms with E-state index in [9.17, 15) is 8.78 Å². The normalized spacial score (nSPS) is 23.4. The fraction of sp³-hybridized carbons (Fsp3) is 0.500. The third-order valence-corrected chi connectivity index (χ3v) is 3.37. The first-order valence-electron chi connectivity index (χ1n) is 5.83. The molecule has 1 N–H and O–H groups in total. The molecule has 1 atom stereocenters. The van der Waals surface area contributed by atoms with Crippen LogP contribution in [0.15, 0.2) is 12.1 Å². The molecule has 1 fully saturated rings. The summed E-state index contributed by atoms with van der Waals surface area (Å²) in [5.41, 5.74) is 1.42. The molecule has 2 aliphatic rings. The lowest BCUT2D eigenvalue weighted by atomic mass is 10.1. The van der Waals surface area contributed by atoms with Crippen LogP contribution in [-0.2, 0) is 4.74 Å². The van der Waals surface area contributed by atoms with Gasteiger partial charge in [0.05, 0.1) is 30.6 Å². The average Bonchev–Trinajstić information content (AvgIpc) is 2.50. The van der Waals surface area contributed by atoms with Gasteiger partial charge < -0.3 is 15.0 Å². The first kappa shape index (κ1) is 10.8. The number of ether oxygens (including phenoxy) is 1. The minimum atomic E-state index is -0.803. The van der Waals surface area contributed by atoms with E-state index in [0.29, 0.717) is 18.9 Å². The molecule has 2 heterocycles. The number of morpholine rings is 1. The smallest absolute Gasteiger partial charge is 0.161 e. The van der Waals surface area contributed by atoms with Crippen LogP contribution in [-0.4, -0.2) is 32.3 Å². The van der Waals surface area contributed by atoms with Crippen molar-refractivity contribution in [3.63, 3.8) is 0 Å². The molecular formula is C12H14F2N2O. The van der Waals surface area contributed by atoms with Crippen molar-refractivity contribution >= 4 is 11.4 Å². The Bertz CT molecular complexity index is 439. The average molecular weight is 240 g/mol. The Labute approximate surface area is 98.4 Å². The lowest BCUT2D eigenvalue weighted by molar-refractivity contribution is 0.0931. The summed E-state index contributed by atoms with van der Waals surface area (Å²) in [5.74, 6) is -1.60. The summed E-state index contributed by atoms with van der Waals surface area (Å²) in [6, 6.07) is 2.77.